The molecule has 172 valence electrons. The molecular weight excluding hydrogens is 386 g/mol. The minimum atomic E-state index is 0.106. The van der Waals surface area contributed by atoms with E-state index in [9.17, 15) is 9.59 Å². The minimum Gasteiger partial charge on any atom is -0.368 e. The zero-order chi connectivity index (χ0) is 21.9. The van der Waals surface area contributed by atoms with Gasteiger partial charge in [-0.3, -0.25) is 9.59 Å². The Labute approximate surface area is 188 Å². The van der Waals surface area contributed by atoms with Gasteiger partial charge in [-0.25, -0.2) is 0 Å². The van der Waals surface area contributed by atoms with Crippen molar-refractivity contribution < 1.29 is 9.59 Å². The second kappa shape index (κ2) is 12.7. The fourth-order valence-electron chi connectivity index (χ4n) is 4.87. The number of unbranched alkanes of at least 4 members (excludes halogenated alkanes) is 4. The van der Waals surface area contributed by atoms with Crippen molar-refractivity contribution in [3.05, 3.63) is 24.3 Å². The molecule has 2 fully saturated rings. The van der Waals surface area contributed by atoms with Crippen LogP contribution in [0.15, 0.2) is 24.3 Å². The van der Waals surface area contributed by atoms with Crippen LogP contribution in [-0.2, 0) is 9.59 Å². The van der Waals surface area contributed by atoms with Crippen molar-refractivity contribution in [1.29, 1.82) is 0 Å². The summed E-state index contributed by atoms with van der Waals surface area (Å²) in [6, 6.07) is 8.13. The molecule has 5 heteroatoms. The average molecular weight is 428 g/mol. The van der Waals surface area contributed by atoms with E-state index in [-0.39, 0.29) is 5.91 Å². The van der Waals surface area contributed by atoms with Crippen LogP contribution in [0.4, 0.5) is 11.4 Å². The summed E-state index contributed by atoms with van der Waals surface area (Å²) in [6.45, 7) is 5.56. The summed E-state index contributed by atoms with van der Waals surface area (Å²) in [5.41, 5.74) is 2.03. The molecule has 0 radical (unpaired) electrons. The number of rotatable bonds is 11. The Morgan fingerprint density at radius 3 is 2.26 bits per heavy atom. The highest BCUT2D eigenvalue weighted by atomic mass is 16.2. The molecule has 1 saturated heterocycles. The van der Waals surface area contributed by atoms with E-state index in [1.165, 1.54) is 44.9 Å². The Morgan fingerprint density at radius 2 is 1.58 bits per heavy atom. The Bertz CT molecular complexity index is 674. The third-order valence-electron chi connectivity index (χ3n) is 6.90. The Hall–Kier alpha value is -2.04. The lowest BCUT2D eigenvalue weighted by atomic mass is 10.0. The van der Waals surface area contributed by atoms with Gasteiger partial charge in [-0.2, -0.15) is 0 Å². The van der Waals surface area contributed by atoms with Crippen LogP contribution in [0.5, 0.6) is 0 Å². The Morgan fingerprint density at radius 1 is 0.903 bits per heavy atom. The third kappa shape index (κ3) is 7.86. The molecule has 1 aliphatic carbocycles. The summed E-state index contributed by atoms with van der Waals surface area (Å²) in [7, 11) is 0. The van der Waals surface area contributed by atoms with E-state index in [4.69, 9.17) is 0 Å². The number of amides is 2. The molecule has 1 N–H and O–H groups in total. The smallest absolute Gasteiger partial charge is 0.224 e. The summed E-state index contributed by atoms with van der Waals surface area (Å²) in [5.74, 6) is 1.22. The number of hydrogen-bond donors (Lipinski definition) is 1. The van der Waals surface area contributed by atoms with Crippen LogP contribution in [0.2, 0.25) is 0 Å². The van der Waals surface area contributed by atoms with Crippen molar-refractivity contribution in [2.45, 2.75) is 84.0 Å². The van der Waals surface area contributed by atoms with Gasteiger partial charge in [0.2, 0.25) is 11.8 Å². The molecular formula is C26H41N3O2. The second-order valence-electron chi connectivity index (χ2n) is 9.32. The number of hydrogen-bond acceptors (Lipinski definition) is 3. The highest BCUT2D eigenvalue weighted by Gasteiger charge is 2.23. The third-order valence-corrected chi connectivity index (χ3v) is 6.90. The van der Waals surface area contributed by atoms with Gasteiger partial charge in [-0.1, -0.05) is 58.3 Å². The molecule has 31 heavy (non-hydrogen) atoms. The van der Waals surface area contributed by atoms with Crippen LogP contribution in [0.3, 0.4) is 0 Å². The lowest BCUT2D eigenvalue weighted by Gasteiger charge is -2.36. The van der Waals surface area contributed by atoms with Gasteiger partial charge in [0.1, 0.15) is 0 Å². The number of carbonyl (C=O) groups is 2. The molecule has 3 rings (SSSR count). The van der Waals surface area contributed by atoms with Gasteiger partial charge in [0, 0.05) is 50.4 Å². The van der Waals surface area contributed by atoms with E-state index in [1.807, 2.05) is 17.0 Å². The van der Waals surface area contributed by atoms with E-state index in [0.717, 1.165) is 69.2 Å². The van der Waals surface area contributed by atoms with Gasteiger partial charge in [0.25, 0.3) is 0 Å². The summed E-state index contributed by atoms with van der Waals surface area (Å²) in [5, 5.41) is 3.01. The predicted octanol–water partition coefficient (Wildman–Crippen LogP) is 5.60. The number of nitrogens with zero attached hydrogens (tertiary/aromatic N) is 2. The zero-order valence-corrected chi connectivity index (χ0v) is 19.4. The van der Waals surface area contributed by atoms with E-state index in [2.05, 4.69) is 29.3 Å². The maximum Gasteiger partial charge on any atom is 0.224 e. The summed E-state index contributed by atoms with van der Waals surface area (Å²) < 4.78 is 0. The molecule has 2 aliphatic rings. The van der Waals surface area contributed by atoms with Crippen LogP contribution < -0.4 is 10.2 Å². The van der Waals surface area contributed by atoms with Gasteiger partial charge in [0.15, 0.2) is 0 Å². The summed E-state index contributed by atoms with van der Waals surface area (Å²) in [6.07, 6.45) is 13.5. The molecule has 0 atom stereocenters. The van der Waals surface area contributed by atoms with E-state index < -0.39 is 0 Å². The van der Waals surface area contributed by atoms with E-state index in [1.54, 1.807) is 0 Å². The maximum absolute atomic E-state index is 12.5. The molecule has 1 saturated carbocycles. The quantitative estimate of drug-likeness (QED) is 0.467. The highest BCUT2D eigenvalue weighted by molar-refractivity contribution is 5.90. The average Bonchev–Trinajstić information content (AvgIpc) is 3.32. The van der Waals surface area contributed by atoms with Crippen LogP contribution in [0, 0.1) is 5.92 Å². The van der Waals surface area contributed by atoms with Crippen molar-refractivity contribution in [3.8, 4) is 0 Å². The van der Waals surface area contributed by atoms with Crippen molar-refractivity contribution >= 4 is 23.2 Å². The zero-order valence-electron chi connectivity index (χ0n) is 19.4. The van der Waals surface area contributed by atoms with E-state index in [0.29, 0.717) is 12.3 Å². The standard InChI is InChI=1S/C26H41N3O2/c1-2-3-4-5-6-11-25(30)27-23-13-15-24(16-14-23)28-18-20-29(21-19-28)26(31)17-12-22-9-7-8-10-22/h13-16,22H,2-12,17-21H2,1H3,(H,27,30). The largest absolute Gasteiger partial charge is 0.368 e. The second-order valence-corrected chi connectivity index (χ2v) is 9.32. The van der Waals surface area contributed by atoms with Crippen LogP contribution in [-0.4, -0.2) is 42.9 Å². The molecule has 5 nitrogen and oxygen atoms in total. The highest BCUT2D eigenvalue weighted by Crippen LogP contribution is 2.29. The van der Waals surface area contributed by atoms with Crippen molar-refractivity contribution in [3.63, 3.8) is 0 Å². The first-order valence-corrected chi connectivity index (χ1v) is 12.6. The van der Waals surface area contributed by atoms with Crippen LogP contribution >= 0.6 is 0 Å². The van der Waals surface area contributed by atoms with Gasteiger partial charge in [-0.05, 0) is 43.0 Å². The van der Waals surface area contributed by atoms with Gasteiger partial charge >= 0.3 is 0 Å². The molecule has 0 aromatic heterocycles. The Kier molecular flexibility index (Phi) is 9.70. The number of benzene rings is 1. The van der Waals surface area contributed by atoms with Crippen LogP contribution in [0.25, 0.3) is 0 Å². The Balaban J connectivity index is 1.35. The number of anilines is 2. The number of carbonyl (C=O) groups excluding carboxylic acids is 2. The SMILES string of the molecule is CCCCCCCC(=O)Nc1ccc(N2CCN(C(=O)CCC3CCCC3)CC2)cc1. The van der Waals surface area contributed by atoms with E-state index >= 15 is 0 Å². The topological polar surface area (TPSA) is 52.7 Å². The maximum atomic E-state index is 12.5. The van der Waals surface area contributed by atoms with Crippen molar-refractivity contribution in [2.24, 2.45) is 5.92 Å². The number of nitrogens with one attached hydrogen (secondary N) is 1. The fraction of sp³-hybridized carbons (Fsp3) is 0.692. The first-order chi connectivity index (χ1) is 15.2. The summed E-state index contributed by atoms with van der Waals surface area (Å²) >= 11 is 0. The minimum absolute atomic E-state index is 0.106. The fourth-order valence-corrected chi connectivity index (χ4v) is 4.87. The first kappa shape index (κ1) is 23.6. The van der Waals surface area contributed by atoms with Crippen LogP contribution in [0.1, 0.15) is 84.0 Å². The molecule has 2 amide bonds. The molecule has 1 aromatic carbocycles. The lowest BCUT2D eigenvalue weighted by Crippen LogP contribution is -2.48. The van der Waals surface area contributed by atoms with Crippen molar-refractivity contribution in [1.82, 2.24) is 4.90 Å². The monoisotopic (exact) mass is 427 g/mol. The first-order valence-electron chi connectivity index (χ1n) is 12.6. The molecule has 1 heterocycles. The van der Waals surface area contributed by atoms with Gasteiger partial charge in [0.05, 0.1) is 0 Å². The molecule has 1 aromatic rings. The van der Waals surface area contributed by atoms with Crippen molar-refractivity contribution in [2.75, 3.05) is 36.4 Å². The molecule has 0 bridgehead atoms. The molecule has 1 aliphatic heterocycles. The van der Waals surface area contributed by atoms with Gasteiger partial charge < -0.3 is 15.1 Å². The lowest BCUT2D eigenvalue weighted by molar-refractivity contribution is -0.131. The van der Waals surface area contributed by atoms with Gasteiger partial charge in [-0.15, -0.1) is 0 Å². The predicted molar refractivity (Wildman–Crippen MR) is 128 cm³/mol. The summed E-state index contributed by atoms with van der Waals surface area (Å²) in [4.78, 5) is 29.0. The normalized spacial score (nSPS) is 17.2. The molecule has 0 spiro atoms. The molecule has 0 unspecified atom stereocenters. The number of piperazine rings is 1.